The van der Waals surface area contributed by atoms with E-state index in [1.54, 1.807) is 0 Å². The standard InChI is InChI=1S/C23H41N5O.HI/c1-6-27-15-17-28(18-16-27)14-10-9-13-25-22(24-5)26-19-20-11-7-8-12-21(20)29-23(2,3)4;/h7-8,11-12H,6,9-10,13-19H2,1-5H3,(H2,24,25,26);1H. The summed E-state index contributed by atoms with van der Waals surface area (Å²) in [5.74, 6) is 1.76. The highest BCUT2D eigenvalue weighted by Crippen LogP contribution is 2.22. The smallest absolute Gasteiger partial charge is 0.191 e. The van der Waals surface area contributed by atoms with Crippen molar-refractivity contribution in [2.45, 2.75) is 52.7 Å². The molecule has 172 valence electrons. The summed E-state index contributed by atoms with van der Waals surface area (Å²) in [4.78, 5) is 9.47. The van der Waals surface area contributed by atoms with Gasteiger partial charge in [0.1, 0.15) is 11.4 Å². The number of nitrogens with one attached hydrogen (secondary N) is 2. The number of aliphatic imine (C=N–C) groups is 1. The molecular formula is C23H42IN5O. The highest BCUT2D eigenvalue weighted by Gasteiger charge is 2.15. The van der Waals surface area contributed by atoms with Crippen LogP contribution in [-0.2, 0) is 6.54 Å². The fraction of sp³-hybridized carbons (Fsp3) is 0.696. The Kier molecular flexibility index (Phi) is 12.7. The van der Waals surface area contributed by atoms with Crippen molar-refractivity contribution in [3.05, 3.63) is 29.8 Å². The highest BCUT2D eigenvalue weighted by atomic mass is 127. The van der Waals surface area contributed by atoms with Gasteiger partial charge in [-0.3, -0.25) is 4.99 Å². The first kappa shape index (κ1) is 27.0. The molecule has 1 fully saturated rings. The SMILES string of the molecule is CCN1CCN(CCCCNC(=NC)NCc2ccccc2OC(C)(C)C)CC1.I. The van der Waals surface area contributed by atoms with Crippen LogP contribution < -0.4 is 15.4 Å². The summed E-state index contributed by atoms with van der Waals surface area (Å²) in [5.41, 5.74) is 0.927. The molecule has 0 spiro atoms. The van der Waals surface area contributed by atoms with Crippen LogP contribution in [0.4, 0.5) is 0 Å². The molecule has 2 N–H and O–H groups in total. The van der Waals surface area contributed by atoms with Crippen LogP contribution in [0.25, 0.3) is 0 Å². The largest absolute Gasteiger partial charge is 0.488 e. The van der Waals surface area contributed by atoms with Crippen molar-refractivity contribution in [2.75, 3.05) is 52.9 Å². The molecular weight excluding hydrogens is 489 g/mol. The minimum Gasteiger partial charge on any atom is -0.488 e. The molecule has 2 rings (SSSR count). The van der Waals surface area contributed by atoms with Gasteiger partial charge in [-0.2, -0.15) is 0 Å². The van der Waals surface area contributed by atoms with Gasteiger partial charge in [-0.05, 0) is 52.8 Å². The molecule has 0 bridgehead atoms. The number of rotatable bonds is 9. The lowest BCUT2D eigenvalue weighted by molar-refractivity contribution is 0.129. The molecule has 0 unspecified atom stereocenters. The maximum Gasteiger partial charge on any atom is 0.191 e. The quantitative estimate of drug-likeness (QED) is 0.221. The minimum absolute atomic E-state index is 0. The zero-order valence-corrected chi connectivity index (χ0v) is 21.9. The van der Waals surface area contributed by atoms with Crippen molar-refractivity contribution in [1.29, 1.82) is 0 Å². The maximum atomic E-state index is 6.08. The zero-order chi connectivity index (χ0) is 21.1. The predicted octanol–water partition coefficient (Wildman–Crippen LogP) is 3.56. The Bertz CT molecular complexity index is 624. The van der Waals surface area contributed by atoms with E-state index >= 15 is 0 Å². The number of para-hydroxylation sites is 1. The average Bonchev–Trinajstić information content (AvgIpc) is 2.70. The summed E-state index contributed by atoms with van der Waals surface area (Å²) in [5, 5.41) is 6.84. The average molecular weight is 532 g/mol. The normalized spacial score (nSPS) is 16.1. The van der Waals surface area contributed by atoms with E-state index in [9.17, 15) is 0 Å². The second-order valence-electron chi connectivity index (χ2n) is 8.66. The van der Waals surface area contributed by atoms with Crippen LogP contribution in [0.3, 0.4) is 0 Å². The molecule has 0 aliphatic carbocycles. The maximum absolute atomic E-state index is 6.08. The first-order valence-electron chi connectivity index (χ1n) is 11.1. The Hall–Kier alpha value is -1.06. The third kappa shape index (κ3) is 10.3. The molecule has 1 aliphatic rings. The molecule has 1 aromatic rings. The molecule has 0 saturated carbocycles. The molecule has 0 atom stereocenters. The van der Waals surface area contributed by atoms with Crippen molar-refractivity contribution in [3.63, 3.8) is 0 Å². The van der Waals surface area contributed by atoms with E-state index in [1.807, 2.05) is 25.2 Å². The predicted molar refractivity (Wildman–Crippen MR) is 138 cm³/mol. The van der Waals surface area contributed by atoms with E-state index in [2.05, 4.69) is 59.2 Å². The second-order valence-corrected chi connectivity index (χ2v) is 8.66. The van der Waals surface area contributed by atoms with Gasteiger partial charge in [-0.15, -0.1) is 24.0 Å². The minimum atomic E-state index is -0.209. The first-order valence-corrected chi connectivity index (χ1v) is 11.1. The molecule has 1 aromatic carbocycles. The van der Waals surface area contributed by atoms with Gasteiger partial charge >= 0.3 is 0 Å². The number of nitrogens with zero attached hydrogens (tertiary/aromatic N) is 3. The van der Waals surface area contributed by atoms with E-state index in [0.29, 0.717) is 6.54 Å². The van der Waals surface area contributed by atoms with Gasteiger partial charge in [0, 0.05) is 51.9 Å². The second kappa shape index (κ2) is 14.1. The van der Waals surface area contributed by atoms with Crippen LogP contribution in [0.2, 0.25) is 0 Å². The highest BCUT2D eigenvalue weighted by molar-refractivity contribution is 14.0. The van der Waals surface area contributed by atoms with Crippen molar-refractivity contribution in [2.24, 2.45) is 4.99 Å². The van der Waals surface area contributed by atoms with E-state index in [-0.39, 0.29) is 29.6 Å². The topological polar surface area (TPSA) is 52.1 Å². The number of unbranched alkanes of at least 4 members (excludes halogenated alkanes) is 1. The molecule has 0 radical (unpaired) electrons. The summed E-state index contributed by atoms with van der Waals surface area (Å²) in [6.45, 7) is 17.3. The molecule has 6 nitrogen and oxygen atoms in total. The van der Waals surface area contributed by atoms with E-state index < -0.39 is 0 Å². The number of halogens is 1. The fourth-order valence-corrected chi connectivity index (χ4v) is 3.48. The molecule has 0 amide bonds. The molecule has 0 aromatic heterocycles. The van der Waals surface area contributed by atoms with Gasteiger partial charge in [0.25, 0.3) is 0 Å². The van der Waals surface area contributed by atoms with Crippen molar-refractivity contribution >= 4 is 29.9 Å². The third-order valence-corrected chi connectivity index (χ3v) is 5.16. The molecule has 1 aliphatic heterocycles. The lowest BCUT2D eigenvalue weighted by atomic mass is 10.1. The molecule has 1 heterocycles. The summed E-state index contributed by atoms with van der Waals surface area (Å²) >= 11 is 0. The number of hydrogen-bond acceptors (Lipinski definition) is 4. The number of guanidine groups is 1. The fourth-order valence-electron chi connectivity index (χ4n) is 3.48. The first-order chi connectivity index (χ1) is 13.9. The zero-order valence-electron chi connectivity index (χ0n) is 19.5. The Morgan fingerprint density at radius 3 is 2.33 bits per heavy atom. The van der Waals surface area contributed by atoms with Gasteiger partial charge in [0.15, 0.2) is 5.96 Å². The Morgan fingerprint density at radius 1 is 1.03 bits per heavy atom. The molecule has 1 saturated heterocycles. The summed E-state index contributed by atoms with van der Waals surface area (Å²) in [6, 6.07) is 8.18. The van der Waals surface area contributed by atoms with Crippen molar-refractivity contribution < 1.29 is 4.74 Å². The van der Waals surface area contributed by atoms with Gasteiger partial charge in [0.2, 0.25) is 0 Å². The molecule has 30 heavy (non-hydrogen) atoms. The van der Waals surface area contributed by atoms with Gasteiger partial charge in [0.05, 0.1) is 0 Å². The van der Waals surface area contributed by atoms with Crippen LogP contribution >= 0.6 is 24.0 Å². The van der Waals surface area contributed by atoms with Crippen LogP contribution in [0, 0.1) is 0 Å². The van der Waals surface area contributed by atoms with Gasteiger partial charge in [-0.1, -0.05) is 25.1 Å². The Labute approximate surface area is 200 Å². The van der Waals surface area contributed by atoms with Crippen LogP contribution in [0.5, 0.6) is 5.75 Å². The summed E-state index contributed by atoms with van der Waals surface area (Å²) in [7, 11) is 1.82. The number of likely N-dealkylation sites (N-methyl/N-ethyl adjacent to an activating group) is 1. The molecule has 7 heteroatoms. The van der Waals surface area contributed by atoms with Crippen LogP contribution in [-0.4, -0.2) is 74.2 Å². The van der Waals surface area contributed by atoms with Gasteiger partial charge in [-0.25, -0.2) is 0 Å². The number of ether oxygens (including phenoxy) is 1. The van der Waals surface area contributed by atoms with E-state index in [4.69, 9.17) is 4.74 Å². The number of piperazine rings is 1. The van der Waals surface area contributed by atoms with Crippen molar-refractivity contribution in [1.82, 2.24) is 20.4 Å². The van der Waals surface area contributed by atoms with Crippen LogP contribution in [0.1, 0.15) is 46.1 Å². The lowest BCUT2D eigenvalue weighted by Gasteiger charge is -2.34. The van der Waals surface area contributed by atoms with E-state index in [0.717, 1.165) is 30.2 Å². The van der Waals surface area contributed by atoms with Gasteiger partial charge < -0.3 is 25.2 Å². The Morgan fingerprint density at radius 2 is 1.70 bits per heavy atom. The summed E-state index contributed by atoms with van der Waals surface area (Å²) < 4.78 is 6.08. The number of hydrogen-bond donors (Lipinski definition) is 2. The monoisotopic (exact) mass is 531 g/mol. The third-order valence-electron chi connectivity index (χ3n) is 5.16. The Balaban J connectivity index is 0.00000450. The number of benzene rings is 1. The lowest BCUT2D eigenvalue weighted by Crippen LogP contribution is -2.46. The van der Waals surface area contributed by atoms with Crippen molar-refractivity contribution in [3.8, 4) is 5.75 Å². The van der Waals surface area contributed by atoms with Crippen LogP contribution in [0.15, 0.2) is 29.3 Å². The van der Waals surface area contributed by atoms with E-state index in [1.165, 1.54) is 45.7 Å². The summed E-state index contributed by atoms with van der Waals surface area (Å²) in [6.07, 6.45) is 2.37.